The largest absolute Gasteiger partial charge is 0.383 e. The average molecular weight is 366 g/mol. The van der Waals surface area contributed by atoms with Gasteiger partial charge in [-0.15, -0.1) is 0 Å². The number of hydrogen-bond acceptors (Lipinski definition) is 3. The number of nitrogens with zero attached hydrogens (tertiary/aromatic N) is 2. The Balaban J connectivity index is 1.55. The Morgan fingerprint density at radius 3 is 2.56 bits per heavy atom. The summed E-state index contributed by atoms with van der Waals surface area (Å²) < 4.78 is 0. The monoisotopic (exact) mass is 365 g/mol. The second-order valence-corrected chi connectivity index (χ2v) is 7.14. The second-order valence-electron chi connectivity index (χ2n) is 7.14. The van der Waals surface area contributed by atoms with Gasteiger partial charge in [0.15, 0.2) is 0 Å². The fourth-order valence-corrected chi connectivity index (χ4v) is 3.86. The number of benzene rings is 2. The van der Waals surface area contributed by atoms with Crippen molar-refractivity contribution in [3.63, 3.8) is 0 Å². The van der Waals surface area contributed by atoms with Crippen LogP contribution in [0.2, 0.25) is 0 Å². The molecule has 4 heteroatoms. The van der Waals surface area contributed by atoms with Crippen molar-refractivity contribution in [1.82, 2.24) is 9.80 Å². The molecule has 0 spiro atoms. The minimum atomic E-state index is 0.184. The summed E-state index contributed by atoms with van der Waals surface area (Å²) in [6, 6.07) is 18.8. The molecular weight excluding hydrogens is 334 g/mol. The van der Waals surface area contributed by atoms with Gasteiger partial charge < -0.3 is 10.2 Å². The molecule has 2 aromatic carbocycles. The molecular formula is C23H31N3O. The van der Waals surface area contributed by atoms with Gasteiger partial charge >= 0.3 is 0 Å². The molecule has 4 nitrogen and oxygen atoms in total. The van der Waals surface area contributed by atoms with Gasteiger partial charge in [0.1, 0.15) is 0 Å². The fraction of sp³-hybridized carbons (Fsp3) is 0.435. The molecule has 3 rings (SSSR count). The van der Waals surface area contributed by atoms with Crippen molar-refractivity contribution >= 4 is 11.6 Å². The van der Waals surface area contributed by atoms with Crippen molar-refractivity contribution in [2.75, 3.05) is 38.0 Å². The fourth-order valence-electron chi connectivity index (χ4n) is 3.86. The van der Waals surface area contributed by atoms with Crippen molar-refractivity contribution in [3.8, 4) is 0 Å². The number of likely N-dealkylation sites (N-methyl/N-ethyl adjacent to an activating group) is 1. The molecule has 1 unspecified atom stereocenters. The Kier molecular flexibility index (Phi) is 6.88. The molecule has 0 aromatic heterocycles. The normalized spacial score (nSPS) is 14.9. The lowest BCUT2D eigenvalue weighted by Gasteiger charge is -2.34. The Morgan fingerprint density at radius 2 is 1.81 bits per heavy atom. The van der Waals surface area contributed by atoms with Crippen LogP contribution < -0.4 is 5.32 Å². The summed E-state index contributed by atoms with van der Waals surface area (Å²) in [7, 11) is 0. The summed E-state index contributed by atoms with van der Waals surface area (Å²) in [6.07, 6.45) is 2.05. The topological polar surface area (TPSA) is 35.6 Å². The van der Waals surface area contributed by atoms with Crippen LogP contribution >= 0.6 is 0 Å². The van der Waals surface area contributed by atoms with Crippen LogP contribution in [0.15, 0.2) is 54.6 Å². The highest BCUT2D eigenvalue weighted by Gasteiger charge is 2.24. The maximum atomic E-state index is 12.8. The lowest BCUT2D eigenvalue weighted by atomic mass is 9.99. The van der Waals surface area contributed by atoms with Crippen LogP contribution in [-0.2, 0) is 6.42 Å². The molecule has 144 valence electrons. The SMILES string of the molecule is CCC(CNc1ccccc1)N(CC)CCN1CCc2ccccc2C1=O. The van der Waals surface area contributed by atoms with E-state index in [0.717, 1.165) is 56.8 Å². The van der Waals surface area contributed by atoms with E-state index in [9.17, 15) is 4.79 Å². The van der Waals surface area contributed by atoms with Crippen LogP contribution in [-0.4, -0.2) is 54.5 Å². The first-order valence-corrected chi connectivity index (χ1v) is 10.1. The number of para-hydroxylation sites is 1. The van der Waals surface area contributed by atoms with E-state index in [-0.39, 0.29) is 5.91 Å². The third-order valence-corrected chi connectivity index (χ3v) is 5.55. The minimum Gasteiger partial charge on any atom is -0.383 e. The van der Waals surface area contributed by atoms with Crippen LogP contribution in [0.5, 0.6) is 0 Å². The summed E-state index contributed by atoms with van der Waals surface area (Å²) in [5.41, 5.74) is 3.23. The highest BCUT2D eigenvalue weighted by Crippen LogP contribution is 2.18. The van der Waals surface area contributed by atoms with Gasteiger partial charge in [-0.05, 0) is 43.1 Å². The minimum absolute atomic E-state index is 0.184. The van der Waals surface area contributed by atoms with Gasteiger partial charge in [0.05, 0.1) is 0 Å². The molecule has 0 saturated heterocycles. The number of hydrogen-bond donors (Lipinski definition) is 1. The molecule has 0 bridgehead atoms. The smallest absolute Gasteiger partial charge is 0.254 e. The van der Waals surface area contributed by atoms with E-state index in [1.54, 1.807) is 0 Å². The quantitative estimate of drug-likeness (QED) is 0.732. The number of carbonyl (C=O) groups excluding carboxylic acids is 1. The molecule has 0 saturated carbocycles. The van der Waals surface area contributed by atoms with Crippen molar-refractivity contribution < 1.29 is 4.79 Å². The number of nitrogens with one attached hydrogen (secondary N) is 1. The van der Waals surface area contributed by atoms with E-state index in [4.69, 9.17) is 0 Å². The first-order valence-electron chi connectivity index (χ1n) is 10.1. The van der Waals surface area contributed by atoms with Crippen LogP contribution in [0, 0.1) is 0 Å². The molecule has 1 aliphatic heterocycles. The Labute approximate surface area is 163 Å². The van der Waals surface area contributed by atoms with E-state index in [1.807, 2.05) is 29.2 Å². The Bertz CT molecular complexity index is 731. The summed E-state index contributed by atoms with van der Waals surface area (Å²) in [4.78, 5) is 17.3. The predicted molar refractivity (Wildman–Crippen MR) is 112 cm³/mol. The maximum Gasteiger partial charge on any atom is 0.254 e. The molecule has 0 radical (unpaired) electrons. The molecule has 2 aromatic rings. The third-order valence-electron chi connectivity index (χ3n) is 5.55. The highest BCUT2D eigenvalue weighted by molar-refractivity contribution is 5.96. The number of anilines is 1. The average Bonchev–Trinajstić information content (AvgIpc) is 2.72. The zero-order chi connectivity index (χ0) is 19.1. The van der Waals surface area contributed by atoms with Crippen molar-refractivity contribution in [3.05, 3.63) is 65.7 Å². The van der Waals surface area contributed by atoms with Gasteiger partial charge in [0, 0.05) is 43.5 Å². The van der Waals surface area contributed by atoms with Crippen molar-refractivity contribution in [1.29, 1.82) is 0 Å². The zero-order valence-electron chi connectivity index (χ0n) is 16.5. The Morgan fingerprint density at radius 1 is 1.07 bits per heavy atom. The molecule has 1 N–H and O–H groups in total. The third kappa shape index (κ3) is 4.89. The molecule has 1 heterocycles. The van der Waals surface area contributed by atoms with Gasteiger partial charge in [0.25, 0.3) is 5.91 Å². The first-order chi connectivity index (χ1) is 13.2. The highest BCUT2D eigenvalue weighted by atomic mass is 16.2. The lowest BCUT2D eigenvalue weighted by molar-refractivity contribution is 0.0706. The molecule has 0 aliphatic carbocycles. The summed E-state index contributed by atoms with van der Waals surface area (Å²) in [5, 5.41) is 3.55. The summed E-state index contributed by atoms with van der Waals surface area (Å²) >= 11 is 0. The van der Waals surface area contributed by atoms with Gasteiger partial charge in [-0.1, -0.05) is 50.2 Å². The molecule has 27 heavy (non-hydrogen) atoms. The predicted octanol–water partition coefficient (Wildman–Crippen LogP) is 3.90. The number of fused-ring (bicyclic) bond motifs is 1. The van der Waals surface area contributed by atoms with E-state index in [2.05, 4.69) is 54.4 Å². The van der Waals surface area contributed by atoms with Crippen molar-refractivity contribution in [2.45, 2.75) is 32.7 Å². The van der Waals surface area contributed by atoms with Crippen LogP contribution in [0.4, 0.5) is 5.69 Å². The number of carbonyl (C=O) groups is 1. The van der Waals surface area contributed by atoms with E-state index < -0.39 is 0 Å². The molecule has 1 aliphatic rings. The number of amides is 1. The second kappa shape index (κ2) is 9.56. The molecule has 1 amide bonds. The standard InChI is InChI=1S/C23H31N3O/c1-3-21(18-24-20-11-6-5-7-12-20)25(4-2)16-17-26-15-14-19-10-8-9-13-22(19)23(26)27/h5-13,21,24H,3-4,14-18H2,1-2H3. The van der Waals surface area contributed by atoms with Gasteiger partial charge in [-0.25, -0.2) is 0 Å². The number of rotatable bonds is 9. The van der Waals surface area contributed by atoms with Gasteiger partial charge in [-0.3, -0.25) is 9.69 Å². The van der Waals surface area contributed by atoms with E-state index >= 15 is 0 Å². The summed E-state index contributed by atoms with van der Waals surface area (Å²) in [6.45, 7) is 8.90. The molecule has 1 atom stereocenters. The lowest BCUT2D eigenvalue weighted by Crippen LogP contribution is -2.46. The summed E-state index contributed by atoms with van der Waals surface area (Å²) in [5.74, 6) is 0.184. The van der Waals surface area contributed by atoms with Gasteiger partial charge in [-0.2, -0.15) is 0 Å². The molecule has 0 fully saturated rings. The van der Waals surface area contributed by atoms with Crippen molar-refractivity contribution in [2.24, 2.45) is 0 Å². The first kappa shape index (κ1) is 19.4. The van der Waals surface area contributed by atoms with E-state index in [1.165, 1.54) is 5.56 Å². The Hall–Kier alpha value is -2.33. The van der Waals surface area contributed by atoms with Crippen LogP contribution in [0.25, 0.3) is 0 Å². The maximum absolute atomic E-state index is 12.8. The zero-order valence-corrected chi connectivity index (χ0v) is 16.5. The van der Waals surface area contributed by atoms with Crippen LogP contribution in [0.1, 0.15) is 36.2 Å². The van der Waals surface area contributed by atoms with Gasteiger partial charge in [0.2, 0.25) is 0 Å². The van der Waals surface area contributed by atoms with Crippen LogP contribution in [0.3, 0.4) is 0 Å². The van der Waals surface area contributed by atoms with E-state index in [0.29, 0.717) is 6.04 Å².